The first-order valence-corrected chi connectivity index (χ1v) is 8.70. The Hall–Kier alpha value is -3.11. The van der Waals surface area contributed by atoms with Gasteiger partial charge in [-0.2, -0.15) is 18.6 Å². The Morgan fingerprint density at radius 3 is 2.35 bits per heavy atom. The maximum absolute atomic E-state index is 12.2. The van der Waals surface area contributed by atoms with Gasteiger partial charge in [0.25, 0.3) is 16.0 Å². The second-order valence-corrected chi connectivity index (χ2v) is 6.63. The van der Waals surface area contributed by atoms with Gasteiger partial charge in [0.15, 0.2) is 5.78 Å². The molecule has 0 bridgehead atoms. The summed E-state index contributed by atoms with van der Waals surface area (Å²) in [5.41, 5.74) is 0.133. The maximum atomic E-state index is 12.2. The lowest BCUT2D eigenvalue weighted by molar-refractivity contribution is -0.126. The fraction of sp³-hybridized carbons (Fsp3) is 0.125. The van der Waals surface area contributed by atoms with Crippen molar-refractivity contribution in [3.05, 3.63) is 48.5 Å². The van der Waals surface area contributed by atoms with Gasteiger partial charge in [-0.3, -0.25) is 14.1 Å². The molecule has 0 aliphatic heterocycles. The van der Waals surface area contributed by atoms with Gasteiger partial charge in [0.05, 0.1) is 4.90 Å². The number of carbonyl (C=O) groups is 2. The van der Waals surface area contributed by atoms with Gasteiger partial charge in [-0.25, -0.2) is 0 Å². The topological polar surface area (TPSA) is 145 Å². The lowest BCUT2D eigenvalue weighted by Gasteiger charge is -2.09. The normalized spacial score (nSPS) is 12.7. The summed E-state index contributed by atoms with van der Waals surface area (Å²) >= 11 is 0. The number of ketones is 1. The quantitative estimate of drug-likeness (QED) is 0.400. The summed E-state index contributed by atoms with van der Waals surface area (Å²) in [7, 11) is -4.51. The zero-order chi connectivity index (χ0) is 19.3. The number of hydrogen-bond donors (Lipinski definition) is 3. The van der Waals surface area contributed by atoms with Crippen molar-refractivity contribution in [1.29, 1.82) is 0 Å². The number of Topliss-reactive ketones (excluding diaryl/α,β-unsaturated/α-hetero) is 1. The summed E-state index contributed by atoms with van der Waals surface area (Å²) in [6.45, 7) is 1.14. The van der Waals surface area contributed by atoms with Crippen molar-refractivity contribution < 1.29 is 27.7 Å². The molecule has 0 fully saturated rings. The first kappa shape index (κ1) is 19.2. The molecule has 0 aromatic heterocycles. The van der Waals surface area contributed by atoms with Crippen LogP contribution in [0.15, 0.2) is 63.7 Å². The highest BCUT2D eigenvalue weighted by atomic mass is 32.2. The minimum atomic E-state index is -4.51. The Morgan fingerprint density at radius 2 is 1.77 bits per heavy atom. The van der Waals surface area contributed by atoms with Crippen LogP contribution in [0.4, 0.5) is 11.4 Å². The number of aromatic hydroxyl groups is 1. The van der Waals surface area contributed by atoms with E-state index < -0.39 is 38.5 Å². The minimum Gasteiger partial charge on any atom is -0.506 e. The summed E-state index contributed by atoms with van der Waals surface area (Å²) in [6, 6.07) is 9.70. The number of nitrogens with zero attached hydrogens (tertiary/aromatic N) is 2. The van der Waals surface area contributed by atoms with Crippen LogP contribution in [0.5, 0.6) is 5.75 Å². The van der Waals surface area contributed by atoms with E-state index in [1.54, 1.807) is 30.3 Å². The van der Waals surface area contributed by atoms with Crippen molar-refractivity contribution in [2.45, 2.75) is 17.9 Å². The molecule has 2 rings (SSSR count). The smallest absolute Gasteiger partial charge is 0.294 e. The van der Waals surface area contributed by atoms with Crippen molar-refractivity contribution in [1.82, 2.24) is 0 Å². The SMILES string of the molecule is CC(=O)C(N=Nc1cc(S(=O)(=O)O)ccc1O)C(=O)Nc1ccccc1. The number of anilines is 1. The molecule has 136 valence electrons. The molecule has 3 N–H and O–H groups in total. The second kappa shape index (κ2) is 7.85. The average molecular weight is 377 g/mol. The number of benzene rings is 2. The van der Waals surface area contributed by atoms with E-state index in [0.29, 0.717) is 5.69 Å². The second-order valence-electron chi connectivity index (χ2n) is 5.21. The molecule has 0 heterocycles. The fourth-order valence-electron chi connectivity index (χ4n) is 1.91. The molecule has 10 heteroatoms. The Bertz CT molecular complexity index is 957. The molecule has 1 unspecified atom stereocenters. The van der Waals surface area contributed by atoms with Crippen LogP contribution in [0.1, 0.15) is 6.92 Å². The zero-order valence-electron chi connectivity index (χ0n) is 13.5. The molecule has 1 amide bonds. The van der Waals surface area contributed by atoms with E-state index in [-0.39, 0.29) is 5.69 Å². The summed E-state index contributed by atoms with van der Waals surface area (Å²) in [5.74, 6) is -1.78. The van der Waals surface area contributed by atoms with Crippen molar-refractivity contribution >= 4 is 33.2 Å². The number of rotatable bonds is 6. The van der Waals surface area contributed by atoms with E-state index in [2.05, 4.69) is 15.5 Å². The van der Waals surface area contributed by atoms with Gasteiger partial charge in [0.2, 0.25) is 6.04 Å². The monoisotopic (exact) mass is 377 g/mol. The summed E-state index contributed by atoms with van der Waals surface area (Å²) in [6.07, 6.45) is 0. The molecule has 0 aliphatic carbocycles. The molecule has 2 aromatic rings. The largest absolute Gasteiger partial charge is 0.506 e. The Kier molecular flexibility index (Phi) is 5.80. The molecule has 9 nitrogen and oxygen atoms in total. The van der Waals surface area contributed by atoms with Gasteiger partial charge in [-0.1, -0.05) is 18.2 Å². The lowest BCUT2D eigenvalue weighted by Crippen LogP contribution is -2.31. The van der Waals surface area contributed by atoms with E-state index in [1.165, 1.54) is 0 Å². The van der Waals surface area contributed by atoms with Crippen LogP contribution in [0, 0.1) is 0 Å². The van der Waals surface area contributed by atoms with Gasteiger partial charge < -0.3 is 10.4 Å². The van der Waals surface area contributed by atoms with Crippen LogP contribution in [-0.2, 0) is 19.7 Å². The van der Waals surface area contributed by atoms with E-state index in [1.807, 2.05) is 0 Å². The Labute approximate surface area is 149 Å². The highest BCUT2D eigenvalue weighted by molar-refractivity contribution is 7.85. The van der Waals surface area contributed by atoms with Gasteiger partial charge in [0.1, 0.15) is 11.4 Å². The summed E-state index contributed by atoms with van der Waals surface area (Å²) in [4.78, 5) is 23.4. The number of para-hydroxylation sites is 1. The van der Waals surface area contributed by atoms with Crippen molar-refractivity contribution in [3.8, 4) is 5.75 Å². The first-order chi connectivity index (χ1) is 12.2. The van der Waals surface area contributed by atoms with Crippen LogP contribution in [0.3, 0.4) is 0 Å². The predicted octanol–water partition coefficient (Wildman–Crippen LogP) is 2.32. The third-order valence-electron chi connectivity index (χ3n) is 3.20. The van der Waals surface area contributed by atoms with E-state index in [4.69, 9.17) is 4.55 Å². The van der Waals surface area contributed by atoms with Gasteiger partial charge in [0, 0.05) is 5.69 Å². The highest BCUT2D eigenvalue weighted by Crippen LogP contribution is 2.29. The van der Waals surface area contributed by atoms with Crippen molar-refractivity contribution in [2.24, 2.45) is 10.2 Å². The molecular formula is C16H15N3O6S. The Morgan fingerprint density at radius 1 is 1.12 bits per heavy atom. The number of hydrogen-bond acceptors (Lipinski definition) is 7. The van der Waals surface area contributed by atoms with Gasteiger partial charge in [-0.05, 0) is 37.3 Å². The number of carbonyl (C=O) groups excluding carboxylic acids is 2. The Balaban J connectivity index is 2.27. The third kappa shape index (κ3) is 4.94. The highest BCUT2D eigenvalue weighted by Gasteiger charge is 2.23. The lowest BCUT2D eigenvalue weighted by atomic mass is 10.2. The molecular weight excluding hydrogens is 362 g/mol. The van der Waals surface area contributed by atoms with E-state index in [9.17, 15) is 23.1 Å². The summed E-state index contributed by atoms with van der Waals surface area (Å²) < 4.78 is 31.3. The van der Waals surface area contributed by atoms with E-state index in [0.717, 1.165) is 25.1 Å². The van der Waals surface area contributed by atoms with Gasteiger partial charge in [-0.15, -0.1) is 0 Å². The number of amides is 1. The predicted molar refractivity (Wildman–Crippen MR) is 92.0 cm³/mol. The maximum Gasteiger partial charge on any atom is 0.294 e. The van der Waals surface area contributed by atoms with Crippen LogP contribution in [0.2, 0.25) is 0 Å². The number of nitrogens with one attached hydrogen (secondary N) is 1. The molecule has 0 saturated carbocycles. The first-order valence-electron chi connectivity index (χ1n) is 7.26. The zero-order valence-corrected chi connectivity index (χ0v) is 14.3. The molecule has 0 radical (unpaired) electrons. The fourth-order valence-corrected chi connectivity index (χ4v) is 2.41. The molecule has 0 spiro atoms. The molecule has 0 saturated heterocycles. The molecule has 2 aromatic carbocycles. The minimum absolute atomic E-state index is 0.320. The molecule has 26 heavy (non-hydrogen) atoms. The summed E-state index contributed by atoms with van der Waals surface area (Å²) in [5, 5.41) is 19.4. The van der Waals surface area contributed by atoms with Crippen molar-refractivity contribution in [2.75, 3.05) is 5.32 Å². The number of phenols is 1. The van der Waals surface area contributed by atoms with Gasteiger partial charge >= 0.3 is 0 Å². The van der Waals surface area contributed by atoms with Crippen LogP contribution >= 0.6 is 0 Å². The molecule has 0 aliphatic rings. The van der Waals surface area contributed by atoms with Crippen LogP contribution in [0.25, 0.3) is 0 Å². The standard InChI is InChI=1S/C16H15N3O6S/c1-10(20)15(16(22)17-11-5-3-2-4-6-11)19-18-13-9-12(26(23,24)25)7-8-14(13)21/h2-9,15,21H,1H3,(H,17,22)(H,23,24,25). The molecule has 1 atom stereocenters. The number of azo groups is 1. The third-order valence-corrected chi connectivity index (χ3v) is 4.05. The van der Waals surface area contributed by atoms with E-state index >= 15 is 0 Å². The van der Waals surface area contributed by atoms with Crippen LogP contribution < -0.4 is 5.32 Å². The van der Waals surface area contributed by atoms with Crippen LogP contribution in [-0.4, -0.2) is 35.8 Å². The van der Waals surface area contributed by atoms with Crippen molar-refractivity contribution in [3.63, 3.8) is 0 Å². The number of phenolic OH excluding ortho intramolecular Hbond substituents is 1. The average Bonchev–Trinajstić information content (AvgIpc) is 2.56.